The Morgan fingerprint density at radius 3 is 2.45 bits per heavy atom. The van der Waals surface area contributed by atoms with E-state index in [1.165, 1.54) is 0 Å². The molecule has 5 rings (SSSR count). The van der Waals surface area contributed by atoms with Crippen LogP contribution in [0.25, 0.3) is 11.4 Å². The molecule has 12 heteroatoms. The maximum atomic E-state index is 13.4. The van der Waals surface area contributed by atoms with Crippen molar-refractivity contribution in [1.29, 1.82) is 0 Å². The van der Waals surface area contributed by atoms with Crippen molar-refractivity contribution in [2.24, 2.45) is 7.05 Å². The normalized spacial score (nSPS) is 14.7. The highest BCUT2D eigenvalue weighted by Gasteiger charge is 2.33. The van der Waals surface area contributed by atoms with Gasteiger partial charge in [-0.15, -0.1) is 0 Å². The lowest BCUT2D eigenvalue weighted by Gasteiger charge is -2.32. The van der Waals surface area contributed by atoms with E-state index in [1.807, 2.05) is 34.6 Å². The van der Waals surface area contributed by atoms with Gasteiger partial charge in [-0.25, -0.2) is 19.7 Å². The number of rotatable bonds is 7. The average Bonchev–Trinajstić information content (AvgIpc) is 3.56. The average molecular weight is 543 g/mol. The molecule has 0 radical (unpaired) electrons. The zero-order valence-corrected chi connectivity index (χ0v) is 23.3. The first-order chi connectivity index (χ1) is 19.2. The molecule has 0 saturated heterocycles. The van der Waals surface area contributed by atoms with Gasteiger partial charge in [0.15, 0.2) is 5.69 Å². The van der Waals surface area contributed by atoms with E-state index in [0.29, 0.717) is 37.0 Å². The standard InChI is InChI=1S/C28H34N10O2/c1-17(2)38-24-18(3)15-37(27-32-13-20(14-33-27)25-30-10-11-36(25)5)16-22(24)23(35-38)26(39)31-12-19-6-8-21(9-7-19)34-28(40)29-4/h6-11,13-14,17-18H,12,15-16H2,1-5H3,(H,31,39)(H2,29,34,40)/t18-/m0/s1. The Morgan fingerprint density at radius 2 is 1.82 bits per heavy atom. The number of benzene rings is 1. The van der Waals surface area contributed by atoms with E-state index in [4.69, 9.17) is 5.10 Å². The van der Waals surface area contributed by atoms with Gasteiger partial charge in [0, 0.05) is 80.9 Å². The fourth-order valence-corrected chi connectivity index (χ4v) is 4.97. The largest absolute Gasteiger partial charge is 0.347 e. The van der Waals surface area contributed by atoms with Gasteiger partial charge in [-0.2, -0.15) is 5.10 Å². The summed E-state index contributed by atoms with van der Waals surface area (Å²) in [6.07, 6.45) is 7.20. The fraction of sp³-hybridized carbons (Fsp3) is 0.357. The van der Waals surface area contributed by atoms with Gasteiger partial charge >= 0.3 is 6.03 Å². The van der Waals surface area contributed by atoms with Crippen LogP contribution in [0.5, 0.6) is 0 Å². The number of carbonyl (C=O) groups excluding carboxylic acids is 2. The van der Waals surface area contributed by atoms with Crippen molar-refractivity contribution < 1.29 is 9.59 Å². The minimum Gasteiger partial charge on any atom is -0.347 e. The van der Waals surface area contributed by atoms with Crippen molar-refractivity contribution in [3.63, 3.8) is 0 Å². The molecule has 1 atom stereocenters. The summed E-state index contributed by atoms with van der Waals surface area (Å²) < 4.78 is 3.89. The minimum atomic E-state index is -0.288. The summed E-state index contributed by atoms with van der Waals surface area (Å²) in [6.45, 7) is 7.81. The molecule has 3 N–H and O–H groups in total. The Kier molecular flexibility index (Phi) is 7.50. The second-order valence-electron chi connectivity index (χ2n) is 10.2. The number of hydrogen-bond donors (Lipinski definition) is 3. The minimum absolute atomic E-state index is 0.109. The van der Waals surface area contributed by atoms with Crippen molar-refractivity contribution >= 4 is 23.6 Å². The molecule has 1 aromatic carbocycles. The molecule has 1 aliphatic heterocycles. The first kappa shape index (κ1) is 26.9. The summed E-state index contributed by atoms with van der Waals surface area (Å²) in [4.78, 5) is 40.7. The number of nitrogens with one attached hydrogen (secondary N) is 3. The Labute approximate surface area is 232 Å². The topological polar surface area (TPSA) is 135 Å². The second-order valence-corrected chi connectivity index (χ2v) is 10.2. The van der Waals surface area contributed by atoms with Gasteiger partial charge in [-0.1, -0.05) is 19.1 Å². The third-order valence-corrected chi connectivity index (χ3v) is 6.96. The third kappa shape index (κ3) is 5.37. The molecule has 12 nitrogen and oxygen atoms in total. The molecule has 0 spiro atoms. The lowest BCUT2D eigenvalue weighted by molar-refractivity contribution is 0.0944. The van der Waals surface area contributed by atoms with Gasteiger partial charge < -0.3 is 25.4 Å². The molecule has 3 amide bonds. The molecule has 0 unspecified atom stereocenters. The predicted molar refractivity (Wildman–Crippen MR) is 152 cm³/mol. The monoisotopic (exact) mass is 542 g/mol. The van der Waals surface area contributed by atoms with Crippen molar-refractivity contribution in [2.75, 3.05) is 23.8 Å². The van der Waals surface area contributed by atoms with E-state index in [9.17, 15) is 9.59 Å². The molecule has 0 bridgehead atoms. The van der Waals surface area contributed by atoms with Gasteiger partial charge in [0.25, 0.3) is 5.91 Å². The lowest BCUT2D eigenvalue weighted by Crippen LogP contribution is -2.35. The number of nitrogens with zero attached hydrogens (tertiary/aromatic N) is 7. The number of amides is 3. The quantitative estimate of drug-likeness (QED) is 0.326. The highest BCUT2D eigenvalue weighted by molar-refractivity contribution is 5.94. The number of fused-ring (bicyclic) bond motifs is 1. The van der Waals surface area contributed by atoms with Crippen LogP contribution >= 0.6 is 0 Å². The molecule has 208 valence electrons. The Balaban J connectivity index is 1.34. The number of hydrogen-bond acceptors (Lipinski definition) is 7. The van der Waals surface area contributed by atoms with E-state index in [2.05, 4.69) is 56.6 Å². The molecule has 3 aromatic heterocycles. The molecule has 4 heterocycles. The van der Waals surface area contributed by atoms with Crippen LogP contribution in [-0.4, -0.2) is 54.8 Å². The number of aromatic nitrogens is 6. The van der Waals surface area contributed by atoms with Crippen molar-refractivity contribution in [3.8, 4) is 11.4 Å². The van der Waals surface area contributed by atoms with Gasteiger partial charge in [0.1, 0.15) is 5.82 Å². The van der Waals surface area contributed by atoms with Crippen LogP contribution < -0.4 is 20.9 Å². The zero-order chi connectivity index (χ0) is 28.4. The molecule has 40 heavy (non-hydrogen) atoms. The maximum absolute atomic E-state index is 13.4. The predicted octanol–water partition coefficient (Wildman–Crippen LogP) is 3.46. The molecule has 0 saturated carbocycles. The number of urea groups is 1. The highest BCUT2D eigenvalue weighted by atomic mass is 16.2. The van der Waals surface area contributed by atoms with E-state index in [1.54, 1.807) is 37.8 Å². The summed E-state index contributed by atoms with van der Waals surface area (Å²) in [6, 6.07) is 7.14. The Morgan fingerprint density at radius 1 is 1.10 bits per heavy atom. The van der Waals surface area contributed by atoms with Crippen LogP contribution in [0.15, 0.2) is 49.1 Å². The van der Waals surface area contributed by atoms with Crippen molar-refractivity contribution in [2.45, 2.75) is 45.8 Å². The summed E-state index contributed by atoms with van der Waals surface area (Å²) in [5, 5.41) is 13.0. The van der Waals surface area contributed by atoms with E-state index in [-0.39, 0.29) is 23.9 Å². The molecule has 0 fully saturated rings. The smallest absolute Gasteiger partial charge is 0.318 e. The van der Waals surface area contributed by atoms with Crippen LogP contribution in [0.1, 0.15) is 60.0 Å². The number of aryl methyl sites for hydroxylation is 1. The van der Waals surface area contributed by atoms with Gasteiger partial charge in [-0.05, 0) is 31.5 Å². The molecular formula is C28H34N10O2. The summed E-state index contributed by atoms with van der Waals surface area (Å²) in [5.74, 6) is 1.29. The van der Waals surface area contributed by atoms with Crippen LogP contribution in [0.4, 0.5) is 16.4 Å². The number of carbonyl (C=O) groups is 2. The van der Waals surface area contributed by atoms with Crippen molar-refractivity contribution in [3.05, 3.63) is 71.6 Å². The lowest BCUT2D eigenvalue weighted by atomic mass is 9.95. The maximum Gasteiger partial charge on any atom is 0.318 e. The van der Waals surface area contributed by atoms with Crippen LogP contribution in [0, 0.1) is 0 Å². The molecule has 1 aliphatic rings. The third-order valence-electron chi connectivity index (χ3n) is 6.96. The number of imidazole rings is 1. The van der Waals surface area contributed by atoms with E-state index < -0.39 is 0 Å². The van der Waals surface area contributed by atoms with Gasteiger partial charge in [0.2, 0.25) is 5.95 Å². The Hall–Kier alpha value is -4.74. The first-order valence-corrected chi connectivity index (χ1v) is 13.3. The fourth-order valence-electron chi connectivity index (χ4n) is 4.97. The van der Waals surface area contributed by atoms with Gasteiger partial charge in [-0.3, -0.25) is 9.48 Å². The van der Waals surface area contributed by atoms with Crippen LogP contribution in [0.2, 0.25) is 0 Å². The second kappa shape index (κ2) is 11.2. The molecule has 0 aliphatic carbocycles. The zero-order valence-electron chi connectivity index (χ0n) is 23.3. The van der Waals surface area contributed by atoms with Crippen molar-refractivity contribution in [1.82, 2.24) is 39.9 Å². The summed E-state index contributed by atoms with van der Waals surface area (Å²) in [7, 11) is 3.49. The van der Waals surface area contributed by atoms with Gasteiger partial charge in [0.05, 0.1) is 12.1 Å². The SMILES string of the molecule is CNC(=O)Nc1ccc(CNC(=O)c2nn(C(C)C)c3c2CN(c2ncc(-c4nccn4C)cn2)C[C@@H]3C)cc1. The summed E-state index contributed by atoms with van der Waals surface area (Å²) >= 11 is 0. The molecule has 4 aromatic rings. The number of anilines is 2. The van der Waals surface area contributed by atoms with E-state index >= 15 is 0 Å². The first-order valence-electron chi connectivity index (χ1n) is 13.3. The summed E-state index contributed by atoms with van der Waals surface area (Å²) in [5.41, 5.74) is 4.81. The Bertz CT molecular complexity index is 1510. The van der Waals surface area contributed by atoms with Crippen LogP contribution in [0.3, 0.4) is 0 Å². The van der Waals surface area contributed by atoms with E-state index in [0.717, 1.165) is 28.2 Å². The van der Waals surface area contributed by atoms with Crippen LogP contribution in [-0.2, 0) is 20.1 Å². The highest BCUT2D eigenvalue weighted by Crippen LogP contribution is 2.34. The molecular weight excluding hydrogens is 508 g/mol.